The fraction of sp³-hybridized carbons (Fsp3) is 0.250. The Hall–Kier alpha value is -0.380. The normalized spacial score (nSPS) is 10.0. The summed E-state index contributed by atoms with van der Waals surface area (Å²) in [7, 11) is 0. The van der Waals surface area contributed by atoms with Crippen LogP contribution >= 0.6 is 15.9 Å². The molecule has 0 saturated carbocycles. The van der Waals surface area contributed by atoms with Crippen LogP contribution in [0.15, 0.2) is 24.3 Å². The van der Waals surface area contributed by atoms with Crippen LogP contribution in [0.3, 0.4) is 0 Å². The molecular weight excluding hydrogens is 206 g/mol. The molecule has 0 saturated heterocycles. The molecule has 1 rings (SSSR count). The third kappa shape index (κ3) is 2.29. The molecule has 0 spiro atoms. The molecule has 2 N–H and O–H groups in total. The molecule has 0 bridgehead atoms. The van der Waals surface area contributed by atoms with Gasteiger partial charge in [-0.25, -0.2) is 5.90 Å². The molecule has 0 fully saturated rings. The lowest BCUT2D eigenvalue weighted by Gasteiger charge is -2.03. The van der Waals surface area contributed by atoms with Crippen molar-refractivity contribution in [1.82, 2.24) is 0 Å². The summed E-state index contributed by atoms with van der Waals surface area (Å²) in [5.74, 6) is 4.97. The van der Waals surface area contributed by atoms with E-state index in [0.717, 1.165) is 10.9 Å². The van der Waals surface area contributed by atoms with Gasteiger partial charge < -0.3 is 0 Å². The zero-order valence-corrected chi connectivity index (χ0v) is 7.67. The van der Waals surface area contributed by atoms with Crippen LogP contribution in [0.5, 0.6) is 0 Å². The van der Waals surface area contributed by atoms with Gasteiger partial charge in [-0.15, -0.1) is 0 Å². The number of alkyl halides is 1. The maximum atomic E-state index is 4.97. The van der Waals surface area contributed by atoms with Crippen molar-refractivity contribution in [2.24, 2.45) is 5.90 Å². The lowest BCUT2D eigenvalue weighted by atomic mass is 10.1. The highest BCUT2D eigenvalue weighted by Gasteiger charge is 1.97. The second-order valence-electron chi connectivity index (χ2n) is 2.21. The Morgan fingerprint density at radius 2 is 1.91 bits per heavy atom. The zero-order valence-electron chi connectivity index (χ0n) is 6.09. The first-order valence-corrected chi connectivity index (χ1v) is 4.45. The molecule has 0 aromatic heterocycles. The highest BCUT2D eigenvalue weighted by atomic mass is 79.9. The van der Waals surface area contributed by atoms with Gasteiger partial charge in [0.25, 0.3) is 0 Å². The second kappa shape index (κ2) is 4.49. The Bertz CT molecular complexity index is 227. The van der Waals surface area contributed by atoms with E-state index in [9.17, 15) is 0 Å². The Morgan fingerprint density at radius 3 is 2.45 bits per heavy atom. The fourth-order valence-corrected chi connectivity index (χ4v) is 1.47. The number of halogens is 1. The summed E-state index contributed by atoms with van der Waals surface area (Å²) >= 11 is 3.38. The van der Waals surface area contributed by atoms with Crippen molar-refractivity contribution < 1.29 is 4.84 Å². The molecule has 0 heterocycles. The minimum atomic E-state index is 0.474. The van der Waals surface area contributed by atoms with Crippen LogP contribution in [-0.2, 0) is 16.8 Å². The second-order valence-corrected chi connectivity index (χ2v) is 2.77. The molecule has 0 aliphatic rings. The van der Waals surface area contributed by atoms with Crippen molar-refractivity contribution in [3.05, 3.63) is 35.4 Å². The Balaban J connectivity index is 2.83. The average molecular weight is 216 g/mol. The maximum absolute atomic E-state index is 4.97. The van der Waals surface area contributed by atoms with Crippen LogP contribution in [-0.4, -0.2) is 0 Å². The average Bonchev–Trinajstić information content (AvgIpc) is 2.06. The van der Waals surface area contributed by atoms with Crippen LogP contribution in [0, 0.1) is 0 Å². The Kier molecular flexibility index (Phi) is 3.56. The highest BCUT2D eigenvalue weighted by Crippen LogP contribution is 2.12. The van der Waals surface area contributed by atoms with Crippen molar-refractivity contribution in [2.75, 3.05) is 0 Å². The Morgan fingerprint density at radius 1 is 1.27 bits per heavy atom. The molecule has 2 nitrogen and oxygen atoms in total. The van der Waals surface area contributed by atoms with Gasteiger partial charge in [0.05, 0.1) is 6.61 Å². The largest absolute Gasteiger partial charge is 0.300 e. The molecule has 0 atom stereocenters. The van der Waals surface area contributed by atoms with Crippen LogP contribution in [0.4, 0.5) is 0 Å². The van der Waals surface area contributed by atoms with Gasteiger partial charge in [0.15, 0.2) is 0 Å². The summed E-state index contributed by atoms with van der Waals surface area (Å²) < 4.78 is 0. The summed E-state index contributed by atoms with van der Waals surface area (Å²) in [6.07, 6.45) is 0. The number of hydrogen-bond donors (Lipinski definition) is 1. The first kappa shape index (κ1) is 8.71. The van der Waals surface area contributed by atoms with Crippen molar-refractivity contribution in [1.29, 1.82) is 0 Å². The SMILES string of the molecule is NOCc1ccccc1CBr. The molecular formula is C8H10BrNO. The maximum Gasteiger partial charge on any atom is 0.0933 e. The van der Waals surface area contributed by atoms with Gasteiger partial charge >= 0.3 is 0 Å². The molecule has 0 aliphatic heterocycles. The monoisotopic (exact) mass is 215 g/mol. The van der Waals surface area contributed by atoms with E-state index in [2.05, 4.69) is 20.8 Å². The van der Waals surface area contributed by atoms with E-state index in [1.807, 2.05) is 24.3 Å². The fourth-order valence-electron chi connectivity index (χ4n) is 0.918. The summed E-state index contributed by atoms with van der Waals surface area (Å²) in [5.41, 5.74) is 2.35. The predicted octanol–water partition coefficient (Wildman–Crippen LogP) is 1.97. The first-order valence-electron chi connectivity index (χ1n) is 3.33. The van der Waals surface area contributed by atoms with Crippen molar-refractivity contribution in [3.63, 3.8) is 0 Å². The van der Waals surface area contributed by atoms with E-state index in [-0.39, 0.29) is 0 Å². The number of nitrogens with two attached hydrogens (primary N) is 1. The molecule has 1 aromatic carbocycles. The Labute approximate surface area is 74.4 Å². The van der Waals surface area contributed by atoms with Gasteiger partial charge in [0, 0.05) is 5.33 Å². The molecule has 0 unspecified atom stereocenters. The van der Waals surface area contributed by atoms with Gasteiger partial charge in [0.1, 0.15) is 0 Å². The van der Waals surface area contributed by atoms with E-state index in [4.69, 9.17) is 5.90 Å². The molecule has 0 radical (unpaired) electrons. The highest BCUT2D eigenvalue weighted by molar-refractivity contribution is 9.08. The third-order valence-corrected chi connectivity index (χ3v) is 2.11. The van der Waals surface area contributed by atoms with Crippen LogP contribution < -0.4 is 5.90 Å². The van der Waals surface area contributed by atoms with Crippen molar-refractivity contribution >= 4 is 15.9 Å². The molecule has 0 amide bonds. The number of benzene rings is 1. The first-order chi connectivity index (χ1) is 5.38. The molecule has 3 heteroatoms. The predicted molar refractivity (Wildman–Crippen MR) is 48.0 cm³/mol. The molecule has 60 valence electrons. The van der Waals surface area contributed by atoms with Gasteiger partial charge in [-0.05, 0) is 11.1 Å². The summed E-state index contributed by atoms with van der Waals surface area (Å²) in [6.45, 7) is 0.474. The smallest absolute Gasteiger partial charge is 0.0933 e. The van der Waals surface area contributed by atoms with Crippen LogP contribution in [0.1, 0.15) is 11.1 Å². The van der Waals surface area contributed by atoms with Gasteiger partial charge in [-0.2, -0.15) is 0 Å². The lowest BCUT2D eigenvalue weighted by Crippen LogP contribution is -2.00. The van der Waals surface area contributed by atoms with E-state index in [1.54, 1.807) is 0 Å². The standard InChI is InChI=1S/C8H10BrNO/c9-5-7-3-1-2-4-8(7)6-11-10/h1-4H,5-6,10H2. The molecule has 0 aliphatic carbocycles. The summed E-state index contributed by atoms with van der Waals surface area (Å²) in [5, 5.41) is 0.840. The minimum Gasteiger partial charge on any atom is -0.300 e. The van der Waals surface area contributed by atoms with E-state index >= 15 is 0 Å². The molecule has 11 heavy (non-hydrogen) atoms. The number of hydrogen-bond acceptors (Lipinski definition) is 2. The minimum absolute atomic E-state index is 0.474. The van der Waals surface area contributed by atoms with Crippen LogP contribution in [0.2, 0.25) is 0 Å². The number of rotatable bonds is 3. The third-order valence-electron chi connectivity index (χ3n) is 1.50. The molecule has 1 aromatic rings. The zero-order chi connectivity index (χ0) is 8.10. The van der Waals surface area contributed by atoms with Gasteiger partial charge in [-0.1, -0.05) is 40.2 Å². The van der Waals surface area contributed by atoms with E-state index in [0.29, 0.717) is 6.61 Å². The quantitative estimate of drug-likeness (QED) is 0.619. The van der Waals surface area contributed by atoms with Gasteiger partial charge in [0.2, 0.25) is 0 Å². The summed E-state index contributed by atoms with van der Waals surface area (Å²) in [4.78, 5) is 4.55. The van der Waals surface area contributed by atoms with Gasteiger partial charge in [-0.3, -0.25) is 4.84 Å². The van der Waals surface area contributed by atoms with E-state index in [1.165, 1.54) is 5.56 Å². The summed E-state index contributed by atoms with van der Waals surface area (Å²) in [6, 6.07) is 8.02. The van der Waals surface area contributed by atoms with E-state index < -0.39 is 0 Å². The van der Waals surface area contributed by atoms with Crippen molar-refractivity contribution in [3.8, 4) is 0 Å². The lowest BCUT2D eigenvalue weighted by molar-refractivity contribution is 0.123. The topological polar surface area (TPSA) is 35.2 Å². The van der Waals surface area contributed by atoms with Crippen LogP contribution in [0.25, 0.3) is 0 Å². The van der Waals surface area contributed by atoms with Crippen molar-refractivity contribution in [2.45, 2.75) is 11.9 Å².